The Morgan fingerprint density at radius 2 is 1.65 bits per heavy atom. The lowest BCUT2D eigenvalue weighted by Gasteiger charge is -2.25. The van der Waals surface area contributed by atoms with Crippen molar-refractivity contribution in [3.05, 3.63) is 95.8 Å². The van der Waals surface area contributed by atoms with E-state index in [1.54, 1.807) is 30.3 Å². The second-order valence-electron chi connectivity index (χ2n) is 6.65. The van der Waals surface area contributed by atoms with E-state index in [4.69, 9.17) is 0 Å². The van der Waals surface area contributed by atoms with E-state index in [0.29, 0.717) is 17.7 Å². The number of carbonyl (C=O) groups excluding carboxylic acids is 1. The Balaban J connectivity index is 1.86. The lowest BCUT2D eigenvalue weighted by molar-refractivity contribution is -0.119. The third-order valence-electron chi connectivity index (χ3n) is 4.53. The highest BCUT2D eigenvalue weighted by Gasteiger charge is 2.28. The van der Waals surface area contributed by atoms with Crippen LogP contribution in [0.3, 0.4) is 0 Å². The monoisotopic (exact) mass is 439 g/mol. The maximum atomic E-state index is 13.3. The van der Waals surface area contributed by atoms with Crippen LogP contribution in [-0.2, 0) is 21.2 Å². The van der Waals surface area contributed by atoms with Crippen LogP contribution in [0.1, 0.15) is 18.1 Å². The zero-order valence-electron chi connectivity index (χ0n) is 16.9. The van der Waals surface area contributed by atoms with Gasteiger partial charge in [-0.3, -0.25) is 9.10 Å². The van der Waals surface area contributed by atoms with E-state index in [2.05, 4.69) is 10.5 Å². The number of hydrogen-bond donors (Lipinski definition) is 1. The molecule has 0 unspecified atom stereocenters. The molecule has 0 spiro atoms. The highest BCUT2D eigenvalue weighted by Crippen LogP contribution is 2.27. The summed E-state index contributed by atoms with van der Waals surface area (Å²) in [6, 6.07) is 20.6. The Morgan fingerprint density at radius 3 is 2.32 bits per heavy atom. The van der Waals surface area contributed by atoms with E-state index in [0.717, 1.165) is 9.87 Å². The Labute approximate surface area is 181 Å². The van der Waals surface area contributed by atoms with Crippen LogP contribution in [0.15, 0.2) is 88.9 Å². The first kappa shape index (κ1) is 22.2. The molecular formula is C23H22FN3O3S. The van der Waals surface area contributed by atoms with Crippen molar-refractivity contribution in [3.8, 4) is 0 Å². The molecule has 0 aliphatic carbocycles. The van der Waals surface area contributed by atoms with Crippen molar-refractivity contribution in [2.45, 2.75) is 18.2 Å². The van der Waals surface area contributed by atoms with E-state index in [1.807, 2.05) is 19.1 Å². The first-order chi connectivity index (χ1) is 14.9. The third-order valence-corrected chi connectivity index (χ3v) is 6.31. The van der Waals surface area contributed by atoms with E-state index in [9.17, 15) is 17.6 Å². The standard InChI is InChI=1S/C23H22FN3O3S/c1-2-19-8-6-7-11-22(19)27(31(29,30)21-9-4-3-5-10-21)17-23(28)26-25-16-18-12-14-20(24)15-13-18/h3-16H,2,17H2,1H3,(H,26,28)/b25-16-. The molecule has 0 fully saturated rings. The van der Waals surface area contributed by atoms with Crippen molar-refractivity contribution >= 4 is 27.8 Å². The first-order valence-electron chi connectivity index (χ1n) is 9.65. The SMILES string of the molecule is CCc1ccccc1N(CC(=O)N/N=C\c1ccc(F)cc1)S(=O)(=O)c1ccccc1. The lowest BCUT2D eigenvalue weighted by Crippen LogP contribution is -2.40. The number of para-hydroxylation sites is 1. The molecule has 1 N–H and O–H groups in total. The highest BCUT2D eigenvalue weighted by molar-refractivity contribution is 7.92. The number of anilines is 1. The van der Waals surface area contributed by atoms with Gasteiger partial charge in [-0.25, -0.2) is 18.2 Å². The maximum Gasteiger partial charge on any atom is 0.264 e. The molecule has 0 aliphatic heterocycles. The summed E-state index contributed by atoms with van der Waals surface area (Å²) < 4.78 is 40.7. The van der Waals surface area contributed by atoms with Crippen molar-refractivity contribution in [1.29, 1.82) is 0 Å². The summed E-state index contributed by atoms with van der Waals surface area (Å²) in [5.74, 6) is -0.985. The summed E-state index contributed by atoms with van der Waals surface area (Å²) in [5.41, 5.74) is 4.16. The summed E-state index contributed by atoms with van der Waals surface area (Å²) in [6.45, 7) is 1.47. The smallest absolute Gasteiger partial charge is 0.264 e. The van der Waals surface area contributed by atoms with Crippen LogP contribution < -0.4 is 9.73 Å². The van der Waals surface area contributed by atoms with Gasteiger partial charge in [0.25, 0.3) is 15.9 Å². The molecule has 31 heavy (non-hydrogen) atoms. The van der Waals surface area contributed by atoms with Crippen molar-refractivity contribution in [1.82, 2.24) is 5.43 Å². The minimum absolute atomic E-state index is 0.0866. The molecule has 6 nitrogen and oxygen atoms in total. The van der Waals surface area contributed by atoms with Gasteiger partial charge in [-0.2, -0.15) is 5.10 Å². The van der Waals surface area contributed by atoms with E-state index < -0.39 is 22.5 Å². The van der Waals surface area contributed by atoms with Crippen molar-refractivity contribution in [3.63, 3.8) is 0 Å². The summed E-state index contributed by atoms with van der Waals surface area (Å²) in [5, 5.41) is 3.85. The lowest BCUT2D eigenvalue weighted by atomic mass is 10.1. The normalized spacial score (nSPS) is 11.4. The third kappa shape index (κ3) is 5.55. The van der Waals surface area contributed by atoms with Gasteiger partial charge in [0.05, 0.1) is 16.8 Å². The van der Waals surface area contributed by atoms with Gasteiger partial charge in [0, 0.05) is 0 Å². The average molecular weight is 440 g/mol. The molecule has 0 aliphatic rings. The Morgan fingerprint density at radius 1 is 1.00 bits per heavy atom. The number of hydrogen-bond acceptors (Lipinski definition) is 4. The summed E-state index contributed by atoms with van der Waals surface area (Å²) in [6.07, 6.45) is 1.95. The zero-order chi connectivity index (χ0) is 22.3. The molecule has 0 radical (unpaired) electrons. The van der Waals surface area contributed by atoms with Crippen LogP contribution in [0.2, 0.25) is 0 Å². The largest absolute Gasteiger partial charge is 0.271 e. The summed E-state index contributed by atoms with van der Waals surface area (Å²) in [4.78, 5) is 12.6. The number of nitrogens with one attached hydrogen (secondary N) is 1. The molecule has 0 aromatic heterocycles. The van der Waals surface area contributed by atoms with Gasteiger partial charge in [0.2, 0.25) is 0 Å². The molecule has 3 aromatic rings. The van der Waals surface area contributed by atoms with Crippen molar-refractivity contribution in [2.24, 2.45) is 5.10 Å². The van der Waals surface area contributed by atoms with Crippen LogP contribution in [0.25, 0.3) is 0 Å². The van der Waals surface area contributed by atoms with Crippen LogP contribution in [0.4, 0.5) is 10.1 Å². The molecule has 0 heterocycles. The molecule has 3 aromatic carbocycles. The topological polar surface area (TPSA) is 78.8 Å². The van der Waals surface area contributed by atoms with E-state index in [-0.39, 0.29) is 10.7 Å². The number of carbonyl (C=O) groups is 1. The molecule has 0 saturated heterocycles. The number of benzene rings is 3. The molecule has 0 atom stereocenters. The Hall–Kier alpha value is -3.52. The summed E-state index contributed by atoms with van der Waals surface area (Å²) >= 11 is 0. The second-order valence-corrected chi connectivity index (χ2v) is 8.51. The number of sulfonamides is 1. The molecule has 0 bridgehead atoms. The second kappa shape index (κ2) is 9.99. The predicted octanol–water partition coefficient (Wildman–Crippen LogP) is 3.73. The van der Waals surface area contributed by atoms with Gasteiger partial charge in [-0.05, 0) is 47.9 Å². The van der Waals surface area contributed by atoms with Crippen LogP contribution in [0.5, 0.6) is 0 Å². The van der Waals surface area contributed by atoms with Crippen molar-refractivity contribution < 1.29 is 17.6 Å². The number of halogens is 1. The minimum atomic E-state index is -3.98. The fourth-order valence-electron chi connectivity index (χ4n) is 2.97. The minimum Gasteiger partial charge on any atom is -0.271 e. The van der Waals surface area contributed by atoms with Crippen LogP contribution in [-0.4, -0.2) is 27.1 Å². The number of rotatable bonds is 8. The fraction of sp³-hybridized carbons (Fsp3) is 0.130. The Kier molecular flexibility index (Phi) is 7.15. The van der Waals surface area contributed by atoms with Crippen molar-refractivity contribution in [2.75, 3.05) is 10.8 Å². The molecule has 8 heteroatoms. The zero-order valence-corrected chi connectivity index (χ0v) is 17.7. The quantitative estimate of drug-likeness (QED) is 0.429. The number of amides is 1. The molecule has 0 saturated carbocycles. The van der Waals surface area contributed by atoms with Gasteiger partial charge in [-0.15, -0.1) is 0 Å². The molecular weight excluding hydrogens is 417 g/mol. The first-order valence-corrected chi connectivity index (χ1v) is 11.1. The number of nitrogens with zero attached hydrogens (tertiary/aromatic N) is 2. The van der Waals surface area contributed by atoms with Gasteiger partial charge < -0.3 is 0 Å². The fourth-order valence-corrected chi connectivity index (χ4v) is 4.45. The Bertz CT molecular complexity index is 1160. The number of aryl methyl sites for hydroxylation is 1. The average Bonchev–Trinajstić information content (AvgIpc) is 2.79. The predicted molar refractivity (Wildman–Crippen MR) is 119 cm³/mol. The summed E-state index contributed by atoms with van der Waals surface area (Å²) in [7, 11) is -3.98. The highest BCUT2D eigenvalue weighted by atomic mass is 32.2. The van der Waals surface area contributed by atoms with E-state index >= 15 is 0 Å². The molecule has 1 amide bonds. The van der Waals surface area contributed by atoms with E-state index in [1.165, 1.54) is 42.6 Å². The van der Waals surface area contributed by atoms with Gasteiger partial charge in [-0.1, -0.05) is 55.5 Å². The number of hydrazone groups is 1. The van der Waals surface area contributed by atoms with Crippen LogP contribution >= 0.6 is 0 Å². The van der Waals surface area contributed by atoms with Gasteiger partial charge in [0.1, 0.15) is 12.4 Å². The maximum absolute atomic E-state index is 13.3. The van der Waals surface area contributed by atoms with Gasteiger partial charge in [0.15, 0.2) is 0 Å². The van der Waals surface area contributed by atoms with Crippen LogP contribution in [0, 0.1) is 5.82 Å². The molecule has 160 valence electrons. The van der Waals surface area contributed by atoms with Gasteiger partial charge >= 0.3 is 0 Å². The molecule has 3 rings (SSSR count).